The molecule has 1 N–H and O–H groups in total. The number of pyridine rings is 1. The third-order valence-electron chi connectivity index (χ3n) is 3.68. The summed E-state index contributed by atoms with van der Waals surface area (Å²) in [7, 11) is 1.90. The highest BCUT2D eigenvalue weighted by molar-refractivity contribution is 5.82. The summed E-state index contributed by atoms with van der Waals surface area (Å²) in [6.45, 7) is 2.64. The van der Waals surface area contributed by atoms with Gasteiger partial charge < -0.3 is 5.32 Å². The van der Waals surface area contributed by atoms with Gasteiger partial charge in [-0.05, 0) is 25.1 Å². The number of nitro benzene ring substituents is 1. The van der Waals surface area contributed by atoms with Crippen molar-refractivity contribution < 1.29 is 4.92 Å². The van der Waals surface area contributed by atoms with Crippen molar-refractivity contribution in [2.75, 3.05) is 5.32 Å². The van der Waals surface area contributed by atoms with E-state index in [2.05, 4.69) is 15.4 Å². The minimum Gasteiger partial charge on any atom is -0.366 e. The van der Waals surface area contributed by atoms with Gasteiger partial charge in [-0.3, -0.25) is 14.8 Å². The second-order valence-electron chi connectivity index (χ2n) is 5.06. The summed E-state index contributed by atoms with van der Waals surface area (Å²) >= 11 is 0. The zero-order chi connectivity index (χ0) is 15.7. The number of nitro groups is 1. The maximum atomic E-state index is 10.8. The number of hydrogen-bond acceptors (Lipinski definition) is 5. The summed E-state index contributed by atoms with van der Waals surface area (Å²) < 4.78 is 1.82. The number of nitrogens with one attached hydrogen (secondary N) is 1. The lowest BCUT2D eigenvalue weighted by Crippen LogP contribution is -2.03. The van der Waals surface area contributed by atoms with Gasteiger partial charge in [-0.2, -0.15) is 5.10 Å². The maximum absolute atomic E-state index is 10.8. The summed E-state index contributed by atoms with van der Waals surface area (Å²) in [5, 5.41) is 19.0. The van der Waals surface area contributed by atoms with Crippen LogP contribution < -0.4 is 5.32 Å². The van der Waals surface area contributed by atoms with E-state index >= 15 is 0 Å². The minimum absolute atomic E-state index is 0.0704. The van der Waals surface area contributed by atoms with E-state index < -0.39 is 4.92 Å². The molecule has 2 aromatic heterocycles. The molecule has 3 aromatic rings. The van der Waals surface area contributed by atoms with Crippen LogP contribution >= 0.6 is 0 Å². The molecule has 0 spiro atoms. The van der Waals surface area contributed by atoms with E-state index in [9.17, 15) is 10.1 Å². The second kappa shape index (κ2) is 5.44. The molecule has 0 bridgehead atoms. The standard InChI is InChI=1S/C15H15N5O2/c1-10-12(9-17-19(10)2)8-16-15-6-3-11-7-13(20(21)22)4-5-14(11)18-15/h3-7,9H,8H2,1-2H3,(H,16,18). The molecule has 1 aromatic carbocycles. The second-order valence-corrected chi connectivity index (χ2v) is 5.06. The van der Waals surface area contributed by atoms with Gasteiger partial charge in [0.1, 0.15) is 5.82 Å². The monoisotopic (exact) mass is 297 g/mol. The van der Waals surface area contributed by atoms with E-state index in [0.29, 0.717) is 6.54 Å². The Morgan fingerprint density at radius 2 is 2.14 bits per heavy atom. The molecule has 0 radical (unpaired) electrons. The quantitative estimate of drug-likeness (QED) is 0.591. The maximum Gasteiger partial charge on any atom is 0.270 e. The Kier molecular flexibility index (Phi) is 3.46. The first kappa shape index (κ1) is 14.0. The molecular formula is C15H15N5O2. The number of fused-ring (bicyclic) bond motifs is 1. The minimum atomic E-state index is -0.406. The van der Waals surface area contributed by atoms with Crippen molar-refractivity contribution in [3.05, 3.63) is 57.9 Å². The molecule has 7 heteroatoms. The Morgan fingerprint density at radius 1 is 1.32 bits per heavy atom. The molecule has 0 unspecified atom stereocenters. The van der Waals surface area contributed by atoms with Crippen molar-refractivity contribution in [1.82, 2.24) is 14.8 Å². The van der Waals surface area contributed by atoms with E-state index in [1.165, 1.54) is 12.1 Å². The van der Waals surface area contributed by atoms with Crippen LogP contribution in [0.5, 0.6) is 0 Å². The third-order valence-corrected chi connectivity index (χ3v) is 3.68. The average molecular weight is 297 g/mol. The van der Waals surface area contributed by atoms with Gasteiger partial charge >= 0.3 is 0 Å². The molecule has 7 nitrogen and oxygen atoms in total. The fourth-order valence-corrected chi connectivity index (χ4v) is 2.23. The molecule has 2 heterocycles. The lowest BCUT2D eigenvalue weighted by molar-refractivity contribution is -0.384. The Bertz CT molecular complexity index is 856. The highest BCUT2D eigenvalue weighted by atomic mass is 16.6. The van der Waals surface area contributed by atoms with Crippen molar-refractivity contribution in [1.29, 1.82) is 0 Å². The summed E-state index contributed by atoms with van der Waals surface area (Å²) in [5.74, 6) is 0.726. The van der Waals surface area contributed by atoms with Gasteiger partial charge in [-0.25, -0.2) is 4.98 Å². The molecule has 0 aliphatic heterocycles. The number of aromatic nitrogens is 3. The number of aryl methyl sites for hydroxylation is 1. The van der Waals surface area contributed by atoms with E-state index in [1.54, 1.807) is 6.07 Å². The fourth-order valence-electron chi connectivity index (χ4n) is 2.23. The van der Waals surface area contributed by atoms with Gasteiger partial charge in [0.15, 0.2) is 0 Å². The van der Waals surface area contributed by atoms with Crippen LogP contribution in [-0.4, -0.2) is 19.7 Å². The molecule has 112 valence electrons. The predicted molar refractivity (Wildman–Crippen MR) is 83.7 cm³/mol. The van der Waals surface area contributed by atoms with E-state index in [4.69, 9.17) is 0 Å². The van der Waals surface area contributed by atoms with Crippen molar-refractivity contribution in [3.8, 4) is 0 Å². The highest BCUT2D eigenvalue weighted by Crippen LogP contribution is 2.21. The molecule has 0 atom stereocenters. The van der Waals surface area contributed by atoms with Crippen LogP contribution in [0.3, 0.4) is 0 Å². The summed E-state index contributed by atoms with van der Waals surface area (Å²) in [6, 6.07) is 8.29. The topological polar surface area (TPSA) is 85.9 Å². The van der Waals surface area contributed by atoms with Gasteiger partial charge in [0.25, 0.3) is 5.69 Å². The fraction of sp³-hybridized carbons (Fsp3) is 0.200. The average Bonchev–Trinajstić information content (AvgIpc) is 2.84. The Balaban J connectivity index is 1.81. The predicted octanol–water partition coefficient (Wildman–Crippen LogP) is 2.80. The highest BCUT2D eigenvalue weighted by Gasteiger charge is 2.08. The number of nitrogens with zero attached hydrogens (tertiary/aromatic N) is 4. The van der Waals surface area contributed by atoms with Crippen molar-refractivity contribution >= 4 is 22.4 Å². The van der Waals surface area contributed by atoms with E-state index in [-0.39, 0.29) is 5.69 Å². The van der Waals surface area contributed by atoms with Gasteiger partial charge in [-0.1, -0.05) is 0 Å². The molecule has 0 saturated carbocycles. The van der Waals surface area contributed by atoms with Crippen molar-refractivity contribution in [2.45, 2.75) is 13.5 Å². The Morgan fingerprint density at radius 3 is 2.82 bits per heavy atom. The van der Waals surface area contributed by atoms with Crippen LogP contribution in [0.25, 0.3) is 10.9 Å². The number of benzene rings is 1. The molecule has 0 amide bonds. The van der Waals surface area contributed by atoms with Gasteiger partial charge in [0, 0.05) is 42.4 Å². The Labute approximate surface area is 126 Å². The van der Waals surface area contributed by atoms with Gasteiger partial charge in [0.05, 0.1) is 16.6 Å². The lowest BCUT2D eigenvalue weighted by Gasteiger charge is -2.06. The first-order valence-corrected chi connectivity index (χ1v) is 6.81. The first-order valence-electron chi connectivity index (χ1n) is 6.81. The van der Waals surface area contributed by atoms with Crippen molar-refractivity contribution in [3.63, 3.8) is 0 Å². The van der Waals surface area contributed by atoms with Crippen LogP contribution in [0.1, 0.15) is 11.3 Å². The Hall–Kier alpha value is -2.96. The number of non-ortho nitro benzene ring substituents is 1. The number of rotatable bonds is 4. The molecule has 3 rings (SSSR count). The zero-order valence-electron chi connectivity index (χ0n) is 12.3. The summed E-state index contributed by atoms with van der Waals surface area (Å²) in [6.07, 6.45) is 1.83. The van der Waals surface area contributed by atoms with Crippen LogP contribution in [0.4, 0.5) is 11.5 Å². The van der Waals surface area contributed by atoms with Gasteiger partial charge in [-0.15, -0.1) is 0 Å². The van der Waals surface area contributed by atoms with E-state index in [1.807, 2.05) is 37.0 Å². The van der Waals surface area contributed by atoms with Crippen LogP contribution in [0.2, 0.25) is 0 Å². The molecular weight excluding hydrogens is 282 g/mol. The normalized spacial score (nSPS) is 10.8. The number of anilines is 1. The lowest BCUT2D eigenvalue weighted by atomic mass is 10.2. The van der Waals surface area contributed by atoms with Crippen LogP contribution in [0.15, 0.2) is 36.5 Å². The van der Waals surface area contributed by atoms with E-state index in [0.717, 1.165) is 28.0 Å². The molecule has 0 saturated heterocycles. The van der Waals surface area contributed by atoms with Crippen LogP contribution in [0, 0.1) is 17.0 Å². The molecule has 22 heavy (non-hydrogen) atoms. The molecule has 0 fully saturated rings. The van der Waals surface area contributed by atoms with Gasteiger partial charge in [0.2, 0.25) is 0 Å². The first-order chi connectivity index (χ1) is 10.5. The van der Waals surface area contributed by atoms with Crippen LogP contribution in [-0.2, 0) is 13.6 Å². The SMILES string of the molecule is Cc1c(CNc2ccc3cc([N+](=O)[O-])ccc3n2)cnn1C. The summed E-state index contributed by atoms with van der Waals surface area (Å²) in [5.41, 5.74) is 3.00. The smallest absolute Gasteiger partial charge is 0.270 e. The molecule has 0 aliphatic carbocycles. The summed E-state index contributed by atoms with van der Waals surface area (Å²) in [4.78, 5) is 14.8. The largest absolute Gasteiger partial charge is 0.366 e. The third kappa shape index (κ3) is 2.60. The number of hydrogen-bond donors (Lipinski definition) is 1. The molecule has 0 aliphatic rings. The zero-order valence-corrected chi connectivity index (χ0v) is 12.3. The van der Waals surface area contributed by atoms with Crippen molar-refractivity contribution in [2.24, 2.45) is 7.05 Å².